The second-order valence-corrected chi connectivity index (χ2v) is 15.5. The maximum atomic E-state index is 15.2. The van der Waals surface area contributed by atoms with E-state index in [1.807, 2.05) is 65.1 Å². The van der Waals surface area contributed by atoms with E-state index in [1.165, 1.54) is 17.0 Å². The smallest absolute Gasteiger partial charge is 0.266 e. The number of rotatable bonds is 8. The van der Waals surface area contributed by atoms with Gasteiger partial charge < -0.3 is 19.5 Å². The number of hydrogen-bond acceptors (Lipinski definition) is 7. The van der Waals surface area contributed by atoms with E-state index in [0.717, 1.165) is 34.7 Å². The zero-order chi connectivity index (χ0) is 35.9. The second-order valence-electron chi connectivity index (χ2n) is 14.5. The monoisotopic (exact) mass is 710 g/mol. The fourth-order valence-electron chi connectivity index (χ4n) is 7.50. The first-order valence-electron chi connectivity index (χ1n) is 17.6. The molecule has 2 amide bonds. The molecule has 0 unspecified atom stereocenters. The van der Waals surface area contributed by atoms with Crippen LogP contribution < -0.4 is 5.56 Å². The predicted octanol–water partition coefficient (Wildman–Crippen LogP) is 5.72. The molecule has 7 rings (SSSR count). The van der Waals surface area contributed by atoms with Gasteiger partial charge in [-0.25, -0.2) is 9.37 Å². The SMILES string of the molecule is Cc1ccc(-c2cc(F)c(C(=O)N3CC[C@@H](C(=O)N4CCC(O)(Cn5cnc6c(ccn6CC(C)C)c5=O)CC4)[C@H](c4ccccc4)C3)s2)cn1. The summed E-state index contributed by atoms with van der Waals surface area (Å²) in [5.74, 6) is -1.20. The minimum Gasteiger partial charge on any atom is -0.388 e. The molecule has 12 heteroatoms. The number of benzene rings is 1. The first-order valence-corrected chi connectivity index (χ1v) is 18.4. The summed E-state index contributed by atoms with van der Waals surface area (Å²) < 4.78 is 18.7. The lowest BCUT2D eigenvalue weighted by Gasteiger charge is -2.43. The molecule has 0 bridgehead atoms. The molecule has 4 aromatic heterocycles. The van der Waals surface area contributed by atoms with Crippen LogP contribution in [0.5, 0.6) is 0 Å². The van der Waals surface area contributed by atoms with Gasteiger partial charge in [-0.1, -0.05) is 50.2 Å². The number of pyridine rings is 1. The maximum Gasteiger partial charge on any atom is 0.266 e. The van der Waals surface area contributed by atoms with Crippen molar-refractivity contribution in [2.45, 2.75) is 64.6 Å². The number of aryl methyl sites for hydroxylation is 1. The summed E-state index contributed by atoms with van der Waals surface area (Å²) in [6, 6.07) is 16.6. The summed E-state index contributed by atoms with van der Waals surface area (Å²) >= 11 is 1.12. The largest absolute Gasteiger partial charge is 0.388 e. The maximum absolute atomic E-state index is 15.2. The predicted molar refractivity (Wildman–Crippen MR) is 195 cm³/mol. The van der Waals surface area contributed by atoms with Crippen LogP contribution in [-0.2, 0) is 17.9 Å². The molecule has 0 aliphatic carbocycles. The van der Waals surface area contributed by atoms with Crippen LogP contribution >= 0.6 is 11.3 Å². The fourth-order valence-corrected chi connectivity index (χ4v) is 8.49. The summed E-state index contributed by atoms with van der Waals surface area (Å²) in [6.45, 7) is 8.27. The van der Waals surface area contributed by atoms with Crippen LogP contribution in [0, 0.1) is 24.6 Å². The Balaban J connectivity index is 1.04. The molecule has 6 heterocycles. The molecule has 2 atom stereocenters. The van der Waals surface area contributed by atoms with Gasteiger partial charge in [-0.05, 0) is 55.9 Å². The van der Waals surface area contributed by atoms with E-state index in [0.29, 0.717) is 60.7 Å². The van der Waals surface area contributed by atoms with Crippen molar-refractivity contribution in [3.05, 3.63) is 106 Å². The Hall–Kier alpha value is -4.68. The minimum atomic E-state index is -1.16. The molecule has 2 fully saturated rings. The van der Waals surface area contributed by atoms with Gasteiger partial charge in [0.15, 0.2) is 0 Å². The Bertz CT molecular complexity index is 2100. The summed E-state index contributed by atoms with van der Waals surface area (Å²) in [5, 5.41) is 12.1. The Morgan fingerprint density at radius 3 is 2.49 bits per heavy atom. The first-order chi connectivity index (χ1) is 24.5. The Kier molecular flexibility index (Phi) is 9.64. The van der Waals surface area contributed by atoms with Crippen LogP contribution in [0.15, 0.2) is 78.1 Å². The zero-order valence-electron chi connectivity index (χ0n) is 29.2. The number of thiophene rings is 1. The van der Waals surface area contributed by atoms with Gasteiger partial charge in [0.2, 0.25) is 5.91 Å². The van der Waals surface area contributed by atoms with Crippen molar-refractivity contribution in [3.8, 4) is 10.4 Å². The van der Waals surface area contributed by atoms with Crippen LogP contribution in [0.3, 0.4) is 0 Å². The van der Waals surface area contributed by atoms with Gasteiger partial charge in [0.05, 0.1) is 17.5 Å². The van der Waals surface area contributed by atoms with E-state index in [9.17, 15) is 19.5 Å². The van der Waals surface area contributed by atoms with E-state index >= 15 is 4.39 Å². The molecule has 1 N–H and O–H groups in total. The lowest BCUT2D eigenvalue weighted by atomic mass is 9.79. The highest BCUT2D eigenvalue weighted by Gasteiger charge is 2.42. The topological polar surface area (TPSA) is 114 Å². The van der Waals surface area contributed by atoms with Crippen molar-refractivity contribution in [2.75, 3.05) is 26.2 Å². The molecule has 0 radical (unpaired) electrons. The summed E-state index contributed by atoms with van der Waals surface area (Å²) in [6.07, 6.45) is 6.15. The number of carbonyl (C=O) groups excluding carboxylic acids is 2. The van der Waals surface area contributed by atoms with Crippen molar-refractivity contribution in [1.29, 1.82) is 0 Å². The third kappa shape index (κ3) is 7.12. The van der Waals surface area contributed by atoms with Crippen molar-refractivity contribution >= 4 is 34.2 Å². The number of hydrogen-bond donors (Lipinski definition) is 1. The van der Waals surface area contributed by atoms with Crippen LogP contribution in [0.2, 0.25) is 0 Å². The molecule has 0 spiro atoms. The number of aromatic nitrogens is 4. The fraction of sp³-hybridized carbons (Fsp3) is 0.410. The highest BCUT2D eigenvalue weighted by atomic mass is 32.1. The number of nitrogens with zero attached hydrogens (tertiary/aromatic N) is 6. The normalized spacial score (nSPS) is 19.2. The molecule has 2 aliphatic heterocycles. The molecule has 5 aromatic rings. The van der Waals surface area contributed by atoms with Gasteiger partial charge in [-0.3, -0.25) is 23.9 Å². The molecule has 266 valence electrons. The number of likely N-dealkylation sites (tertiary alicyclic amines) is 2. The van der Waals surface area contributed by atoms with Crippen molar-refractivity contribution < 1.29 is 19.1 Å². The van der Waals surface area contributed by atoms with E-state index in [1.54, 1.807) is 17.2 Å². The number of aliphatic hydroxyl groups is 1. The molecule has 2 aliphatic rings. The summed E-state index contributed by atoms with van der Waals surface area (Å²) in [5.41, 5.74) is 1.85. The van der Waals surface area contributed by atoms with Gasteiger partial charge >= 0.3 is 0 Å². The minimum absolute atomic E-state index is 0.0128. The van der Waals surface area contributed by atoms with Gasteiger partial charge in [-0.2, -0.15) is 0 Å². The van der Waals surface area contributed by atoms with Crippen molar-refractivity contribution in [3.63, 3.8) is 0 Å². The van der Waals surface area contributed by atoms with Gasteiger partial charge in [0.25, 0.3) is 11.5 Å². The van der Waals surface area contributed by atoms with E-state index < -0.39 is 11.4 Å². The summed E-state index contributed by atoms with van der Waals surface area (Å²) in [7, 11) is 0. The van der Waals surface area contributed by atoms with Crippen LogP contribution in [-0.4, -0.2) is 77.6 Å². The van der Waals surface area contributed by atoms with E-state index in [-0.39, 0.29) is 47.2 Å². The van der Waals surface area contributed by atoms with Crippen molar-refractivity contribution in [2.24, 2.45) is 11.8 Å². The second kappa shape index (κ2) is 14.1. The van der Waals surface area contributed by atoms with Crippen LogP contribution in [0.1, 0.15) is 60.0 Å². The lowest BCUT2D eigenvalue weighted by molar-refractivity contribution is -0.142. The number of fused-ring (bicyclic) bond motifs is 1. The van der Waals surface area contributed by atoms with Gasteiger partial charge in [-0.15, -0.1) is 11.3 Å². The van der Waals surface area contributed by atoms with Crippen LogP contribution in [0.4, 0.5) is 4.39 Å². The molecule has 0 saturated carbocycles. The number of piperidine rings is 2. The number of amides is 2. The van der Waals surface area contributed by atoms with Gasteiger partial charge in [0, 0.05) is 73.1 Å². The van der Waals surface area contributed by atoms with E-state index in [2.05, 4.69) is 23.8 Å². The Morgan fingerprint density at radius 2 is 1.78 bits per heavy atom. The Morgan fingerprint density at radius 1 is 1.02 bits per heavy atom. The Labute approximate surface area is 300 Å². The first kappa shape index (κ1) is 34.8. The molecule has 10 nitrogen and oxygen atoms in total. The highest BCUT2D eigenvalue weighted by molar-refractivity contribution is 7.17. The molecule has 1 aromatic carbocycles. The van der Waals surface area contributed by atoms with E-state index in [4.69, 9.17) is 0 Å². The highest BCUT2D eigenvalue weighted by Crippen LogP contribution is 2.38. The lowest BCUT2D eigenvalue weighted by Crippen LogP contribution is -2.53. The third-order valence-electron chi connectivity index (χ3n) is 10.3. The molecular weight excluding hydrogens is 668 g/mol. The third-order valence-corrected chi connectivity index (χ3v) is 11.4. The average molecular weight is 711 g/mol. The standard InChI is InChI=1S/C39H43FN6O4S/c1-25(2)21-44-15-12-30-35(44)42-24-46(37(30)48)23-39(50)13-17-43(18-14-39)36(47)29-11-16-45(22-31(29)27-7-5-4-6-8-27)38(49)34-32(40)19-33(51-34)28-10-9-26(3)41-20-28/h4-10,12,15,19-20,24-25,29,31,50H,11,13-14,16-18,21-23H2,1-3H3/t29-,31+/m1/s1. The summed E-state index contributed by atoms with van der Waals surface area (Å²) in [4.78, 5) is 54.3. The zero-order valence-corrected chi connectivity index (χ0v) is 30.0. The van der Waals surface area contributed by atoms with Crippen molar-refractivity contribution in [1.82, 2.24) is 28.9 Å². The molecule has 2 saturated heterocycles. The molecular formula is C39H43FN6O4S. The average Bonchev–Trinajstić information content (AvgIpc) is 3.72. The molecule has 51 heavy (non-hydrogen) atoms. The van der Waals surface area contributed by atoms with Crippen LogP contribution in [0.25, 0.3) is 21.5 Å². The number of carbonyl (C=O) groups is 2. The van der Waals surface area contributed by atoms with Gasteiger partial charge in [0.1, 0.15) is 22.7 Å². The quantitative estimate of drug-likeness (QED) is 0.220. The number of halogens is 1.